The molecule has 8 heteroatoms. The average molecular weight is 441 g/mol. The molecule has 3 aliphatic rings. The van der Waals surface area contributed by atoms with Crippen LogP contribution in [0.25, 0.3) is 0 Å². The van der Waals surface area contributed by atoms with Gasteiger partial charge in [-0.2, -0.15) is 13.2 Å². The smallest absolute Gasteiger partial charge is 0.407 e. The number of cyclic esters (lactones) is 1. The van der Waals surface area contributed by atoms with Crippen LogP contribution >= 0.6 is 0 Å². The van der Waals surface area contributed by atoms with E-state index in [1.54, 1.807) is 0 Å². The summed E-state index contributed by atoms with van der Waals surface area (Å²) in [5.41, 5.74) is 0.619. The number of halogens is 3. The molecular formula is C23H31F3N2O3. The van der Waals surface area contributed by atoms with E-state index in [9.17, 15) is 18.0 Å². The summed E-state index contributed by atoms with van der Waals surface area (Å²) in [5, 5.41) is 2.86. The average Bonchev–Trinajstić information content (AvgIpc) is 2.73. The molecule has 4 rings (SSSR count). The zero-order valence-corrected chi connectivity index (χ0v) is 17.7. The number of rotatable bonds is 5. The van der Waals surface area contributed by atoms with E-state index in [2.05, 4.69) is 29.6 Å². The Bertz CT molecular complexity index is 733. The van der Waals surface area contributed by atoms with Crippen molar-refractivity contribution in [2.24, 2.45) is 0 Å². The van der Waals surface area contributed by atoms with E-state index in [4.69, 9.17) is 9.47 Å². The lowest BCUT2D eigenvalue weighted by Gasteiger charge is -2.51. The molecule has 0 aromatic heterocycles. The summed E-state index contributed by atoms with van der Waals surface area (Å²) in [5.74, 6) is 0.513. The van der Waals surface area contributed by atoms with Crippen molar-refractivity contribution < 1.29 is 27.4 Å². The molecule has 0 radical (unpaired) electrons. The third-order valence-corrected chi connectivity index (χ3v) is 7.10. The Labute approximate surface area is 181 Å². The molecule has 1 spiro atoms. The van der Waals surface area contributed by atoms with E-state index in [0.717, 1.165) is 25.7 Å². The summed E-state index contributed by atoms with van der Waals surface area (Å²) < 4.78 is 51.0. The van der Waals surface area contributed by atoms with Gasteiger partial charge in [0.2, 0.25) is 0 Å². The normalized spacial score (nSPS) is 32.5. The molecule has 1 aromatic rings. The van der Waals surface area contributed by atoms with Crippen molar-refractivity contribution in [1.29, 1.82) is 0 Å². The summed E-state index contributed by atoms with van der Waals surface area (Å²) >= 11 is 0. The molecule has 1 aromatic carbocycles. The monoisotopic (exact) mass is 440 g/mol. The van der Waals surface area contributed by atoms with Gasteiger partial charge < -0.3 is 14.8 Å². The Morgan fingerprint density at radius 3 is 2.55 bits per heavy atom. The number of hydrogen-bond acceptors (Lipinski definition) is 4. The Morgan fingerprint density at radius 1 is 1.13 bits per heavy atom. The molecule has 1 saturated carbocycles. The second kappa shape index (κ2) is 9.36. The van der Waals surface area contributed by atoms with E-state index < -0.39 is 30.4 Å². The predicted octanol–water partition coefficient (Wildman–Crippen LogP) is 4.62. The fourth-order valence-corrected chi connectivity index (χ4v) is 5.53. The van der Waals surface area contributed by atoms with Crippen LogP contribution in [0.1, 0.15) is 56.4 Å². The number of amides is 1. The van der Waals surface area contributed by atoms with Gasteiger partial charge >= 0.3 is 12.3 Å². The molecule has 0 bridgehead atoms. The minimum absolute atomic E-state index is 0.0437. The maximum Gasteiger partial charge on any atom is 0.407 e. The molecule has 5 nitrogen and oxygen atoms in total. The number of ether oxygens (including phenoxy) is 2. The van der Waals surface area contributed by atoms with Crippen molar-refractivity contribution in [3.05, 3.63) is 35.9 Å². The molecule has 31 heavy (non-hydrogen) atoms. The molecule has 1 amide bonds. The number of carbonyl (C=O) groups is 1. The van der Waals surface area contributed by atoms with Crippen LogP contribution in [0.4, 0.5) is 18.0 Å². The molecule has 2 atom stereocenters. The summed E-state index contributed by atoms with van der Waals surface area (Å²) in [6.45, 7) is -0.214. The zero-order chi connectivity index (χ0) is 21.9. The van der Waals surface area contributed by atoms with E-state index in [1.807, 2.05) is 6.07 Å². The highest BCUT2D eigenvalue weighted by Crippen LogP contribution is 2.37. The number of piperidine rings is 1. The first-order chi connectivity index (χ1) is 14.8. The molecule has 0 unspecified atom stereocenters. The Hall–Kier alpha value is -1.80. The SMILES string of the molecule is O=C1N[C@]2(CCCN(CC(F)(F)F)[C@H]2CO[C@H]2CC[C@@H](c3ccccc3)CC2)CCO1. The first-order valence-corrected chi connectivity index (χ1v) is 11.3. The Kier molecular flexibility index (Phi) is 6.77. The number of nitrogens with zero attached hydrogens (tertiary/aromatic N) is 1. The Balaban J connectivity index is 1.40. The number of carbonyl (C=O) groups excluding carboxylic acids is 1. The number of benzene rings is 1. The van der Waals surface area contributed by atoms with Crippen LogP contribution < -0.4 is 5.32 Å². The topological polar surface area (TPSA) is 50.8 Å². The van der Waals surface area contributed by atoms with Gasteiger partial charge in [0.25, 0.3) is 0 Å². The molecule has 2 saturated heterocycles. The van der Waals surface area contributed by atoms with Gasteiger partial charge in [-0.1, -0.05) is 30.3 Å². The molecule has 1 N–H and O–H groups in total. The van der Waals surface area contributed by atoms with Crippen molar-refractivity contribution in [3.8, 4) is 0 Å². The first kappa shape index (κ1) is 22.4. The third kappa shape index (κ3) is 5.52. The minimum Gasteiger partial charge on any atom is -0.449 e. The van der Waals surface area contributed by atoms with Gasteiger partial charge in [-0.25, -0.2) is 4.79 Å². The summed E-state index contributed by atoms with van der Waals surface area (Å²) in [7, 11) is 0. The second-order valence-corrected chi connectivity index (χ2v) is 9.09. The largest absolute Gasteiger partial charge is 0.449 e. The maximum absolute atomic E-state index is 13.3. The van der Waals surface area contributed by atoms with Crippen LogP contribution in [0, 0.1) is 0 Å². The van der Waals surface area contributed by atoms with Crippen LogP contribution in [-0.2, 0) is 9.47 Å². The molecule has 172 valence electrons. The van der Waals surface area contributed by atoms with Gasteiger partial charge in [-0.3, -0.25) is 4.90 Å². The van der Waals surface area contributed by atoms with Gasteiger partial charge in [0.15, 0.2) is 0 Å². The molecule has 2 heterocycles. The van der Waals surface area contributed by atoms with E-state index >= 15 is 0 Å². The van der Waals surface area contributed by atoms with Crippen molar-refractivity contribution in [2.75, 3.05) is 26.3 Å². The highest BCUT2D eigenvalue weighted by molar-refractivity contribution is 5.69. The number of nitrogens with one attached hydrogen (secondary N) is 1. The van der Waals surface area contributed by atoms with Crippen molar-refractivity contribution in [1.82, 2.24) is 10.2 Å². The van der Waals surface area contributed by atoms with Crippen LogP contribution in [-0.4, -0.2) is 61.2 Å². The standard InChI is InChI=1S/C23H31F3N2O3/c24-23(25,26)16-28-13-4-11-22(12-14-30-21(29)27-22)20(28)15-31-19-9-7-18(8-10-19)17-5-2-1-3-6-17/h1-3,5-6,18-20H,4,7-16H2,(H,27,29)/t18-,19+,20-,22+/m0/s1. The van der Waals surface area contributed by atoms with Crippen molar-refractivity contribution in [2.45, 2.75) is 74.7 Å². The summed E-state index contributed by atoms with van der Waals surface area (Å²) in [6, 6.07) is 9.92. The highest BCUT2D eigenvalue weighted by Gasteiger charge is 2.50. The number of alkyl carbamates (subject to hydrolysis) is 1. The van der Waals surface area contributed by atoms with E-state index in [-0.39, 0.29) is 19.3 Å². The Morgan fingerprint density at radius 2 is 1.87 bits per heavy atom. The fraction of sp³-hybridized carbons (Fsp3) is 0.696. The summed E-state index contributed by atoms with van der Waals surface area (Å²) in [4.78, 5) is 13.4. The third-order valence-electron chi connectivity index (χ3n) is 7.10. The quantitative estimate of drug-likeness (QED) is 0.726. The van der Waals surface area contributed by atoms with Gasteiger partial charge in [0, 0.05) is 6.42 Å². The zero-order valence-electron chi connectivity index (χ0n) is 17.7. The van der Waals surface area contributed by atoms with Gasteiger partial charge in [0.05, 0.1) is 37.4 Å². The number of likely N-dealkylation sites (tertiary alicyclic amines) is 1. The maximum atomic E-state index is 13.3. The lowest BCUT2D eigenvalue weighted by atomic mass is 9.78. The van der Waals surface area contributed by atoms with E-state index in [1.165, 1.54) is 10.5 Å². The van der Waals surface area contributed by atoms with Crippen molar-refractivity contribution >= 4 is 6.09 Å². The minimum atomic E-state index is -4.29. The lowest BCUT2D eigenvalue weighted by molar-refractivity contribution is -0.167. The van der Waals surface area contributed by atoms with Gasteiger partial charge in [-0.15, -0.1) is 0 Å². The lowest BCUT2D eigenvalue weighted by Crippen LogP contribution is -2.69. The molecule has 1 aliphatic carbocycles. The van der Waals surface area contributed by atoms with Crippen LogP contribution in [0.2, 0.25) is 0 Å². The highest BCUT2D eigenvalue weighted by atomic mass is 19.4. The predicted molar refractivity (Wildman–Crippen MR) is 110 cm³/mol. The van der Waals surface area contributed by atoms with Crippen LogP contribution in [0.15, 0.2) is 30.3 Å². The van der Waals surface area contributed by atoms with E-state index in [0.29, 0.717) is 31.7 Å². The van der Waals surface area contributed by atoms with Crippen LogP contribution in [0.5, 0.6) is 0 Å². The first-order valence-electron chi connectivity index (χ1n) is 11.3. The second-order valence-electron chi connectivity index (χ2n) is 9.09. The van der Waals surface area contributed by atoms with Crippen LogP contribution in [0.3, 0.4) is 0 Å². The molecule has 2 aliphatic heterocycles. The molecule has 3 fully saturated rings. The number of alkyl halides is 3. The summed E-state index contributed by atoms with van der Waals surface area (Å²) in [6.07, 6.45) is 0.780. The van der Waals surface area contributed by atoms with Gasteiger partial charge in [-0.05, 0) is 56.6 Å². The molecular weight excluding hydrogens is 409 g/mol. The number of hydrogen-bond donors (Lipinski definition) is 1. The van der Waals surface area contributed by atoms with Crippen molar-refractivity contribution in [3.63, 3.8) is 0 Å². The fourth-order valence-electron chi connectivity index (χ4n) is 5.53. The van der Waals surface area contributed by atoms with Gasteiger partial charge in [0.1, 0.15) is 0 Å².